The van der Waals surface area contributed by atoms with Crippen LogP contribution in [0.4, 0.5) is 4.39 Å². The molecule has 1 saturated carbocycles. The number of aliphatic imine (C=N–C) groups is 1. The van der Waals surface area contributed by atoms with E-state index >= 15 is 0 Å². The van der Waals surface area contributed by atoms with Crippen molar-refractivity contribution in [2.24, 2.45) is 10.7 Å². The van der Waals surface area contributed by atoms with Gasteiger partial charge in [-0.15, -0.1) is 24.0 Å². The molecule has 116 valence electrons. The molecule has 1 aliphatic carbocycles. The van der Waals surface area contributed by atoms with E-state index in [-0.39, 0.29) is 35.2 Å². The number of nitrogens with two attached hydrogens (primary N) is 1. The van der Waals surface area contributed by atoms with Gasteiger partial charge in [-0.2, -0.15) is 11.8 Å². The summed E-state index contributed by atoms with van der Waals surface area (Å²) in [5.41, 5.74) is 7.38. The van der Waals surface area contributed by atoms with Gasteiger partial charge in [-0.1, -0.05) is 12.1 Å². The van der Waals surface area contributed by atoms with Crippen LogP contribution in [0.15, 0.2) is 29.3 Å². The van der Waals surface area contributed by atoms with Crippen LogP contribution < -0.4 is 5.73 Å². The van der Waals surface area contributed by atoms with Gasteiger partial charge in [-0.05, 0) is 30.5 Å². The molecule has 0 spiro atoms. The molecule has 1 heterocycles. The van der Waals surface area contributed by atoms with Crippen molar-refractivity contribution in [2.75, 3.05) is 31.1 Å². The second kappa shape index (κ2) is 7.17. The van der Waals surface area contributed by atoms with E-state index in [9.17, 15) is 4.39 Å². The van der Waals surface area contributed by atoms with E-state index in [0.29, 0.717) is 12.5 Å². The van der Waals surface area contributed by atoms with Crippen LogP contribution in [0.2, 0.25) is 0 Å². The first-order chi connectivity index (χ1) is 9.70. The zero-order valence-corrected chi connectivity index (χ0v) is 15.1. The average Bonchev–Trinajstić information content (AvgIpc) is 3.27. The van der Waals surface area contributed by atoms with Crippen LogP contribution in [-0.4, -0.2) is 42.0 Å². The second-order valence-corrected chi connectivity index (χ2v) is 6.79. The quantitative estimate of drug-likeness (QED) is 0.464. The lowest BCUT2D eigenvalue weighted by atomic mass is 9.96. The minimum Gasteiger partial charge on any atom is -0.370 e. The lowest BCUT2D eigenvalue weighted by Gasteiger charge is -2.27. The first kappa shape index (κ1) is 16.9. The van der Waals surface area contributed by atoms with Crippen LogP contribution in [0.1, 0.15) is 18.4 Å². The van der Waals surface area contributed by atoms with Crippen LogP contribution in [0.5, 0.6) is 0 Å². The van der Waals surface area contributed by atoms with Crippen molar-refractivity contribution in [3.63, 3.8) is 0 Å². The highest BCUT2D eigenvalue weighted by Crippen LogP contribution is 2.48. The van der Waals surface area contributed by atoms with Crippen LogP contribution in [0.3, 0.4) is 0 Å². The van der Waals surface area contributed by atoms with Crippen molar-refractivity contribution in [3.8, 4) is 0 Å². The van der Waals surface area contributed by atoms with E-state index in [1.807, 2.05) is 23.9 Å². The fourth-order valence-corrected chi connectivity index (χ4v) is 3.52. The van der Waals surface area contributed by atoms with Crippen molar-refractivity contribution in [1.82, 2.24) is 4.90 Å². The van der Waals surface area contributed by atoms with Gasteiger partial charge < -0.3 is 10.6 Å². The molecule has 0 amide bonds. The van der Waals surface area contributed by atoms with Gasteiger partial charge in [0.15, 0.2) is 5.96 Å². The molecule has 1 aliphatic heterocycles. The molecule has 3 rings (SSSR count). The lowest BCUT2D eigenvalue weighted by molar-refractivity contribution is 0.454. The van der Waals surface area contributed by atoms with Gasteiger partial charge in [0.05, 0.1) is 6.54 Å². The van der Waals surface area contributed by atoms with Gasteiger partial charge in [0.2, 0.25) is 0 Å². The molecule has 0 unspecified atom stereocenters. The number of halogens is 2. The van der Waals surface area contributed by atoms with Gasteiger partial charge in [-0.25, -0.2) is 4.39 Å². The molecule has 21 heavy (non-hydrogen) atoms. The number of guanidine groups is 1. The topological polar surface area (TPSA) is 41.6 Å². The molecule has 0 aromatic heterocycles. The molecule has 0 atom stereocenters. The number of hydrogen-bond donors (Lipinski definition) is 1. The van der Waals surface area contributed by atoms with E-state index in [2.05, 4.69) is 9.89 Å². The Bertz CT molecular complexity index is 496. The predicted molar refractivity (Wildman–Crippen MR) is 98.1 cm³/mol. The van der Waals surface area contributed by atoms with Crippen molar-refractivity contribution < 1.29 is 4.39 Å². The van der Waals surface area contributed by atoms with Crippen LogP contribution in [0, 0.1) is 5.82 Å². The maximum absolute atomic E-state index is 13.0. The molecule has 6 heteroatoms. The third kappa shape index (κ3) is 4.03. The summed E-state index contributed by atoms with van der Waals surface area (Å²) in [6, 6.07) is 6.83. The highest BCUT2D eigenvalue weighted by molar-refractivity contribution is 14.0. The summed E-state index contributed by atoms with van der Waals surface area (Å²) in [7, 11) is 0. The SMILES string of the molecule is I.NC(=NCC1(c2ccc(F)cc2)CC1)N1CCSCC1. The molecule has 1 aromatic carbocycles. The Balaban J connectivity index is 0.00000161. The van der Waals surface area contributed by atoms with E-state index in [1.54, 1.807) is 0 Å². The first-order valence-corrected chi connectivity index (χ1v) is 8.24. The van der Waals surface area contributed by atoms with Crippen LogP contribution in [-0.2, 0) is 5.41 Å². The van der Waals surface area contributed by atoms with Crippen molar-refractivity contribution in [2.45, 2.75) is 18.3 Å². The molecule has 2 fully saturated rings. The number of benzene rings is 1. The number of nitrogens with zero attached hydrogens (tertiary/aromatic N) is 2. The fourth-order valence-electron chi connectivity index (χ4n) is 2.62. The van der Waals surface area contributed by atoms with E-state index < -0.39 is 0 Å². The minimum atomic E-state index is -0.182. The Morgan fingerprint density at radius 3 is 2.43 bits per heavy atom. The normalized spacial score (nSPS) is 20.8. The van der Waals surface area contributed by atoms with E-state index in [1.165, 1.54) is 17.7 Å². The molecular weight excluding hydrogens is 400 g/mol. The first-order valence-electron chi connectivity index (χ1n) is 7.08. The Morgan fingerprint density at radius 2 is 1.86 bits per heavy atom. The van der Waals surface area contributed by atoms with Gasteiger partial charge in [0, 0.05) is 30.0 Å². The number of hydrogen-bond acceptors (Lipinski definition) is 2. The summed E-state index contributed by atoms with van der Waals surface area (Å²) in [5, 5.41) is 0. The van der Waals surface area contributed by atoms with Crippen molar-refractivity contribution in [1.29, 1.82) is 0 Å². The maximum Gasteiger partial charge on any atom is 0.191 e. The molecular formula is C15H21FIN3S. The standard InChI is InChI=1S/C15H20FN3S.HI/c16-13-3-1-12(2-4-13)15(5-6-15)11-18-14(17)19-7-9-20-10-8-19;/h1-4H,5-11H2,(H2,17,18);1H. The zero-order chi connectivity index (χ0) is 14.0. The summed E-state index contributed by atoms with van der Waals surface area (Å²) >= 11 is 1.96. The minimum absolute atomic E-state index is 0. The Hall–Kier alpha value is -0.500. The fraction of sp³-hybridized carbons (Fsp3) is 0.533. The Kier molecular flexibility index (Phi) is 5.76. The third-order valence-electron chi connectivity index (χ3n) is 4.19. The van der Waals surface area contributed by atoms with Gasteiger partial charge in [0.1, 0.15) is 5.82 Å². The molecule has 3 nitrogen and oxygen atoms in total. The van der Waals surface area contributed by atoms with Crippen molar-refractivity contribution in [3.05, 3.63) is 35.6 Å². The smallest absolute Gasteiger partial charge is 0.191 e. The summed E-state index contributed by atoms with van der Waals surface area (Å²) in [5.74, 6) is 2.73. The Labute approximate surface area is 146 Å². The summed E-state index contributed by atoms with van der Waals surface area (Å²) in [4.78, 5) is 6.76. The molecule has 0 bridgehead atoms. The average molecular weight is 421 g/mol. The van der Waals surface area contributed by atoms with Gasteiger partial charge >= 0.3 is 0 Å². The zero-order valence-electron chi connectivity index (χ0n) is 11.9. The van der Waals surface area contributed by atoms with Gasteiger partial charge in [0.25, 0.3) is 0 Å². The summed E-state index contributed by atoms with van der Waals surface area (Å²) in [6.07, 6.45) is 2.23. The highest BCUT2D eigenvalue weighted by atomic mass is 127. The second-order valence-electron chi connectivity index (χ2n) is 5.56. The van der Waals surface area contributed by atoms with Crippen molar-refractivity contribution >= 4 is 41.7 Å². The third-order valence-corrected chi connectivity index (χ3v) is 5.13. The Morgan fingerprint density at radius 1 is 1.24 bits per heavy atom. The summed E-state index contributed by atoms with van der Waals surface area (Å²) in [6.45, 7) is 2.70. The monoisotopic (exact) mass is 421 g/mol. The van der Waals surface area contributed by atoms with Crippen LogP contribution >= 0.6 is 35.7 Å². The van der Waals surface area contributed by atoms with E-state index in [0.717, 1.165) is 37.4 Å². The molecule has 1 saturated heterocycles. The number of rotatable bonds is 3. The summed E-state index contributed by atoms with van der Waals surface area (Å²) < 4.78 is 13.0. The molecule has 2 N–H and O–H groups in total. The largest absolute Gasteiger partial charge is 0.370 e. The molecule has 1 aromatic rings. The van der Waals surface area contributed by atoms with Crippen LogP contribution in [0.25, 0.3) is 0 Å². The van der Waals surface area contributed by atoms with E-state index in [4.69, 9.17) is 5.73 Å². The van der Waals surface area contributed by atoms with Gasteiger partial charge in [-0.3, -0.25) is 4.99 Å². The molecule has 2 aliphatic rings. The maximum atomic E-state index is 13.0. The molecule has 0 radical (unpaired) electrons. The number of thioether (sulfide) groups is 1. The lowest BCUT2D eigenvalue weighted by Crippen LogP contribution is -2.43. The predicted octanol–water partition coefficient (Wildman–Crippen LogP) is 2.84. The highest BCUT2D eigenvalue weighted by Gasteiger charge is 2.44.